The molecule has 0 amide bonds. The molecule has 1 fully saturated rings. The van der Waals surface area contributed by atoms with E-state index in [4.69, 9.17) is 9.84 Å². The highest BCUT2D eigenvalue weighted by molar-refractivity contribution is 5.74. The van der Waals surface area contributed by atoms with Gasteiger partial charge in [-0.3, -0.25) is 4.79 Å². The molecular formula is C30H66O3. The molecule has 0 aromatic carbocycles. The molecule has 0 saturated carbocycles. The third-order valence-corrected chi connectivity index (χ3v) is 5.22. The number of ether oxygens (including phenoxy) is 1. The van der Waals surface area contributed by atoms with Gasteiger partial charge in [-0.1, -0.05) is 88.3 Å². The van der Waals surface area contributed by atoms with Gasteiger partial charge in [0.05, 0.1) is 11.5 Å². The molecule has 0 radical (unpaired) electrons. The Kier molecular flexibility index (Phi) is 25.0. The number of cyclic esters (lactones) is 1. The van der Waals surface area contributed by atoms with Crippen molar-refractivity contribution in [2.24, 2.45) is 29.1 Å². The largest absolute Gasteiger partial charge is 0.459 e. The SMILES string of the molecule is C.CC(C)(C)O.CC(C)C(C)(C)C.CC(C)C(C)C.CC1CC(C)(C)OC1=O.CC=C(C)C. The molecule has 1 aliphatic rings. The van der Waals surface area contributed by atoms with Gasteiger partial charge in [0.25, 0.3) is 0 Å². The Morgan fingerprint density at radius 3 is 1.24 bits per heavy atom. The summed E-state index contributed by atoms with van der Waals surface area (Å²) in [6.45, 7) is 37.5. The van der Waals surface area contributed by atoms with Crippen LogP contribution in [0.4, 0.5) is 0 Å². The molecule has 1 unspecified atom stereocenters. The van der Waals surface area contributed by atoms with E-state index >= 15 is 0 Å². The second-order valence-electron chi connectivity index (χ2n) is 12.8. The first kappa shape index (κ1) is 42.3. The lowest BCUT2D eigenvalue weighted by molar-refractivity contribution is -0.148. The third kappa shape index (κ3) is 41.9. The van der Waals surface area contributed by atoms with Gasteiger partial charge in [0.2, 0.25) is 0 Å². The van der Waals surface area contributed by atoms with Crippen LogP contribution in [0.5, 0.6) is 0 Å². The first-order chi connectivity index (χ1) is 13.9. The summed E-state index contributed by atoms with van der Waals surface area (Å²) in [7, 11) is 0. The lowest BCUT2D eigenvalue weighted by Gasteiger charge is -2.22. The number of carbonyl (C=O) groups is 1. The number of rotatable bonds is 1. The first-order valence-corrected chi connectivity index (χ1v) is 12.4. The zero-order valence-electron chi connectivity index (χ0n) is 25.4. The zero-order chi connectivity index (χ0) is 27.1. The molecule has 3 heteroatoms. The molecule has 204 valence electrons. The quantitative estimate of drug-likeness (QED) is 0.304. The van der Waals surface area contributed by atoms with Crippen LogP contribution in [-0.2, 0) is 9.53 Å². The average Bonchev–Trinajstić information content (AvgIpc) is 2.76. The van der Waals surface area contributed by atoms with Crippen molar-refractivity contribution in [3.63, 3.8) is 0 Å². The summed E-state index contributed by atoms with van der Waals surface area (Å²) in [5.41, 5.74) is 1.17. The standard InChI is InChI=1S/C7H12O2.C7H16.C6H14.C5H10.C4H10O.CH4/c1-5-4-7(2,3)9-6(5)8;1-6(2)7(3,4)5;1-5(2)6(3)4;1-4-5(2)3;1-4(2,3)5;/h5H,4H2,1-3H3;6H,1-5H3;5-6H,1-4H3;4H,1-3H3;5H,1-3H3;1H4. The Hall–Kier alpha value is -0.830. The highest BCUT2D eigenvalue weighted by atomic mass is 16.6. The molecule has 1 saturated heterocycles. The van der Waals surface area contributed by atoms with Crippen LogP contribution in [0.2, 0.25) is 0 Å². The van der Waals surface area contributed by atoms with Crippen molar-refractivity contribution in [1.29, 1.82) is 0 Å². The molecule has 3 nitrogen and oxygen atoms in total. The van der Waals surface area contributed by atoms with Crippen molar-refractivity contribution in [2.75, 3.05) is 0 Å². The third-order valence-electron chi connectivity index (χ3n) is 5.22. The number of carbonyl (C=O) groups excluding carboxylic acids is 1. The first-order valence-electron chi connectivity index (χ1n) is 12.4. The topological polar surface area (TPSA) is 46.5 Å². The minimum atomic E-state index is -0.500. The van der Waals surface area contributed by atoms with E-state index in [1.807, 2.05) is 27.7 Å². The summed E-state index contributed by atoms with van der Waals surface area (Å²) >= 11 is 0. The molecule has 0 aliphatic carbocycles. The van der Waals surface area contributed by atoms with E-state index in [2.05, 4.69) is 82.2 Å². The lowest BCUT2D eigenvalue weighted by atomic mass is 9.84. The van der Waals surface area contributed by atoms with Gasteiger partial charge in [-0.15, -0.1) is 0 Å². The van der Waals surface area contributed by atoms with Crippen molar-refractivity contribution >= 4 is 5.97 Å². The molecule has 1 heterocycles. The molecule has 1 rings (SSSR count). The van der Waals surface area contributed by atoms with E-state index in [1.165, 1.54) is 5.57 Å². The number of allylic oxidation sites excluding steroid dienone is 2. The Bertz CT molecular complexity index is 468. The number of esters is 1. The van der Waals surface area contributed by atoms with E-state index < -0.39 is 5.60 Å². The zero-order valence-corrected chi connectivity index (χ0v) is 25.4. The molecule has 1 N–H and O–H groups in total. The molecular weight excluding hydrogens is 408 g/mol. The van der Waals surface area contributed by atoms with Crippen LogP contribution in [-0.4, -0.2) is 22.3 Å². The second kappa shape index (κ2) is 19.5. The average molecular weight is 475 g/mol. The molecule has 0 spiro atoms. The predicted molar refractivity (Wildman–Crippen MR) is 152 cm³/mol. The molecule has 0 bridgehead atoms. The second-order valence-corrected chi connectivity index (χ2v) is 12.8. The van der Waals surface area contributed by atoms with Gasteiger partial charge in [-0.25, -0.2) is 0 Å². The van der Waals surface area contributed by atoms with Crippen molar-refractivity contribution < 1.29 is 14.6 Å². The van der Waals surface area contributed by atoms with Gasteiger partial charge in [0, 0.05) is 0 Å². The Labute approximate surface area is 211 Å². The lowest BCUT2D eigenvalue weighted by Crippen LogP contribution is -2.17. The van der Waals surface area contributed by atoms with Gasteiger partial charge in [0.1, 0.15) is 5.60 Å². The highest BCUT2D eigenvalue weighted by Crippen LogP contribution is 2.29. The van der Waals surface area contributed by atoms with Gasteiger partial charge in [0.15, 0.2) is 0 Å². The fourth-order valence-electron chi connectivity index (χ4n) is 1.24. The molecule has 1 aliphatic heterocycles. The van der Waals surface area contributed by atoms with Crippen molar-refractivity contribution in [3.8, 4) is 0 Å². The normalized spacial score (nSPS) is 16.4. The maximum atomic E-state index is 10.8. The molecule has 1 atom stereocenters. The van der Waals surface area contributed by atoms with Gasteiger partial charge in [-0.05, 0) is 85.0 Å². The maximum absolute atomic E-state index is 10.8. The van der Waals surface area contributed by atoms with E-state index in [9.17, 15) is 4.79 Å². The number of hydrogen-bond donors (Lipinski definition) is 1. The van der Waals surface area contributed by atoms with Crippen LogP contribution in [0.15, 0.2) is 11.6 Å². The van der Waals surface area contributed by atoms with E-state index in [-0.39, 0.29) is 24.9 Å². The van der Waals surface area contributed by atoms with E-state index in [1.54, 1.807) is 20.8 Å². The molecule has 33 heavy (non-hydrogen) atoms. The van der Waals surface area contributed by atoms with E-state index in [0.717, 1.165) is 24.2 Å². The fraction of sp³-hybridized carbons (Fsp3) is 0.900. The minimum absolute atomic E-state index is 0. The van der Waals surface area contributed by atoms with Crippen LogP contribution in [0, 0.1) is 29.1 Å². The Balaban J connectivity index is -0.000000100. The summed E-state index contributed by atoms with van der Waals surface area (Å²) in [6, 6.07) is 0. The van der Waals surface area contributed by atoms with Crippen LogP contribution in [0.1, 0.15) is 138 Å². The van der Waals surface area contributed by atoms with Crippen LogP contribution < -0.4 is 0 Å². The summed E-state index contributed by atoms with van der Waals surface area (Å²) < 4.78 is 5.02. The van der Waals surface area contributed by atoms with Gasteiger partial charge in [-0.2, -0.15) is 0 Å². The number of aliphatic hydroxyl groups is 1. The summed E-state index contributed by atoms with van der Waals surface area (Å²) in [5.74, 6) is 2.54. The monoisotopic (exact) mass is 475 g/mol. The summed E-state index contributed by atoms with van der Waals surface area (Å²) in [6.07, 6.45) is 2.94. The van der Waals surface area contributed by atoms with Crippen molar-refractivity contribution in [1.82, 2.24) is 0 Å². The van der Waals surface area contributed by atoms with Crippen molar-refractivity contribution in [3.05, 3.63) is 11.6 Å². The van der Waals surface area contributed by atoms with E-state index in [0.29, 0.717) is 5.41 Å². The Morgan fingerprint density at radius 1 is 0.970 bits per heavy atom. The summed E-state index contributed by atoms with van der Waals surface area (Å²) in [5, 5.41) is 8.52. The highest BCUT2D eigenvalue weighted by Gasteiger charge is 2.36. The predicted octanol–water partition coefficient (Wildman–Crippen LogP) is 9.72. The Morgan fingerprint density at radius 2 is 1.21 bits per heavy atom. The minimum Gasteiger partial charge on any atom is -0.459 e. The smallest absolute Gasteiger partial charge is 0.309 e. The van der Waals surface area contributed by atoms with Crippen LogP contribution in [0.3, 0.4) is 0 Å². The fourth-order valence-corrected chi connectivity index (χ4v) is 1.24. The van der Waals surface area contributed by atoms with Crippen LogP contribution in [0.25, 0.3) is 0 Å². The molecule has 0 aromatic heterocycles. The molecule has 0 aromatic rings. The summed E-state index contributed by atoms with van der Waals surface area (Å²) in [4.78, 5) is 10.8. The maximum Gasteiger partial charge on any atom is 0.309 e. The van der Waals surface area contributed by atoms with Crippen LogP contribution >= 0.6 is 0 Å². The number of hydrogen-bond acceptors (Lipinski definition) is 3. The van der Waals surface area contributed by atoms with Crippen molar-refractivity contribution in [2.45, 2.75) is 150 Å². The van der Waals surface area contributed by atoms with Gasteiger partial charge >= 0.3 is 5.97 Å². The van der Waals surface area contributed by atoms with Gasteiger partial charge < -0.3 is 9.84 Å².